The maximum Gasteiger partial charge on any atom is 0.180 e. The van der Waals surface area contributed by atoms with Crippen molar-refractivity contribution in [1.29, 1.82) is 0 Å². The number of hydrogen-bond acceptors (Lipinski definition) is 6. The van der Waals surface area contributed by atoms with Crippen LogP contribution < -0.4 is 0 Å². The zero-order valence-electron chi connectivity index (χ0n) is 17.8. The summed E-state index contributed by atoms with van der Waals surface area (Å²) in [5.41, 5.74) is 4.03. The van der Waals surface area contributed by atoms with E-state index in [1.807, 2.05) is 12.3 Å². The minimum absolute atomic E-state index is 0.289. The number of fused-ring (bicyclic) bond motifs is 1. The fraction of sp³-hybridized carbons (Fsp3) is 0.261. The van der Waals surface area contributed by atoms with E-state index in [2.05, 4.69) is 15.0 Å². The van der Waals surface area contributed by atoms with Gasteiger partial charge in [-0.25, -0.2) is 18.4 Å². The van der Waals surface area contributed by atoms with Gasteiger partial charge in [-0.15, -0.1) is 0 Å². The van der Waals surface area contributed by atoms with Gasteiger partial charge in [0.25, 0.3) is 0 Å². The Bertz CT molecular complexity index is 1350. The van der Waals surface area contributed by atoms with Crippen LogP contribution in [0.2, 0.25) is 0 Å². The number of rotatable bonds is 5. The van der Waals surface area contributed by atoms with Crippen molar-refractivity contribution in [3.8, 4) is 22.4 Å². The summed E-state index contributed by atoms with van der Waals surface area (Å²) in [6, 6.07) is 8.58. The molecule has 0 fully saturated rings. The number of H-pyrrole nitrogens is 1. The Morgan fingerprint density at radius 1 is 1.03 bits per heavy atom. The molecule has 8 heteroatoms. The normalized spacial score (nSPS) is 12.6. The molecule has 3 aromatic heterocycles. The highest BCUT2D eigenvalue weighted by Gasteiger charge is 2.20. The van der Waals surface area contributed by atoms with Gasteiger partial charge in [0.15, 0.2) is 15.5 Å². The van der Waals surface area contributed by atoms with Crippen LogP contribution >= 0.6 is 0 Å². The van der Waals surface area contributed by atoms with E-state index in [-0.39, 0.29) is 4.90 Å². The van der Waals surface area contributed by atoms with Gasteiger partial charge in [0, 0.05) is 40.8 Å². The lowest BCUT2D eigenvalue weighted by atomic mass is 9.97. The molecule has 0 radical (unpaired) electrons. The highest BCUT2D eigenvalue weighted by molar-refractivity contribution is 7.92. The predicted octanol–water partition coefficient (Wildman–Crippen LogP) is 4.10. The van der Waals surface area contributed by atoms with E-state index in [1.54, 1.807) is 70.6 Å². The van der Waals surface area contributed by atoms with Crippen LogP contribution in [-0.4, -0.2) is 38.7 Å². The molecular formula is C23H24N4O3S. The molecular weight excluding hydrogens is 412 g/mol. The number of nitrogens with zero attached hydrogens (tertiary/aromatic N) is 3. The van der Waals surface area contributed by atoms with Crippen molar-refractivity contribution in [2.24, 2.45) is 0 Å². The fourth-order valence-electron chi connectivity index (χ4n) is 3.26. The van der Waals surface area contributed by atoms with Gasteiger partial charge < -0.3 is 10.1 Å². The van der Waals surface area contributed by atoms with Crippen LogP contribution in [0.25, 0.3) is 33.5 Å². The van der Waals surface area contributed by atoms with Crippen LogP contribution in [0.5, 0.6) is 0 Å². The Hall–Kier alpha value is -3.10. The third kappa shape index (κ3) is 3.96. The van der Waals surface area contributed by atoms with E-state index in [0.717, 1.165) is 16.7 Å². The summed E-state index contributed by atoms with van der Waals surface area (Å²) in [6.07, 6.45) is 6.83. The lowest BCUT2D eigenvalue weighted by Gasteiger charge is -2.17. The number of nitrogens with one attached hydrogen (secondary N) is 1. The number of pyridine rings is 1. The van der Waals surface area contributed by atoms with Crippen LogP contribution in [0.3, 0.4) is 0 Å². The van der Waals surface area contributed by atoms with Gasteiger partial charge in [-0.1, -0.05) is 12.1 Å². The standard InChI is InChI=1S/C23H24N4O3S/c1-14(2)31(29,30)18-7-5-15(6-8-18)20-13-26-22-21(27-20)19(12-25-22)16-9-17(11-24-10-16)23(3,4)28/h5-14,28H,1-4H3,(H,25,26). The van der Waals surface area contributed by atoms with Crippen molar-refractivity contribution in [2.45, 2.75) is 43.4 Å². The first kappa shape index (κ1) is 21.1. The van der Waals surface area contributed by atoms with E-state index in [9.17, 15) is 13.5 Å². The topological polar surface area (TPSA) is 109 Å². The molecule has 1 aromatic carbocycles. The molecule has 0 saturated carbocycles. The average Bonchev–Trinajstić information content (AvgIpc) is 3.16. The zero-order valence-corrected chi connectivity index (χ0v) is 18.6. The molecule has 0 aliphatic rings. The van der Waals surface area contributed by atoms with Gasteiger partial charge >= 0.3 is 0 Å². The minimum atomic E-state index is -3.33. The fourth-order valence-corrected chi connectivity index (χ4v) is 4.32. The van der Waals surface area contributed by atoms with E-state index in [4.69, 9.17) is 4.98 Å². The summed E-state index contributed by atoms with van der Waals surface area (Å²) < 4.78 is 24.7. The SMILES string of the molecule is CC(C)S(=O)(=O)c1ccc(-c2cnc3[nH]cc(-c4cncc(C(C)(C)O)c4)c3n2)cc1. The van der Waals surface area contributed by atoms with Crippen molar-refractivity contribution < 1.29 is 13.5 Å². The smallest absolute Gasteiger partial charge is 0.180 e. The molecule has 4 rings (SSSR count). The van der Waals surface area contributed by atoms with Gasteiger partial charge in [-0.05, 0) is 45.9 Å². The Labute approximate surface area is 181 Å². The number of aliphatic hydroxyl groups is 1. The highest BCUT2D eigenvalue weighted by Crippen LogP contribution is 2.31. The minimum Gasteiger partial charge on any atom is -0.386 e. The second kappa shape index (κ2) is 7.55. The molecule has 0 saturated heterocycles. The first-order valence-electron chi connectivity index (χ1n) is 9.94. The van der Waals surface area contributed by atoms with Crippen molar-refractivity contribution >= 4 is 21.0 Å². The molecule has 2 N–H and O–H groups in total. The largest absolute Gasteiger partial charge is 0.386 e. The van der Waals surface area contributed by atoms with Crippen LogP contribution in [-0.2, 0) is 15.4 Å². The summed E-state index contributed by atoms with van der Waals surface area (Å²) in [5, 5.41) is 9.83. The van der Waals surface area contributed by atoms with Crippen molar-refractivity contribution in [2.75, 3.05) is 0 Å². The highest BCUT2D eigenvalue weighted by atomic mass is 32.2. The van der Waals surface area contributed by atoms with Gasteiger partial charge in [0.05, 0.1) is 27.6 Å². The summed E-state index contributed by atoms with van der Waals surface area (Å²) in [4.78, 5) is 16.9. The molecule has 0 bridgehead atoms. The van der Waals surface area contributed by atoms with E-state index in [1.165, 1.54) is 0 Å². The van der Waals surface area contributed by atoms with Gasteiger partial charge in [0.2, 0.25) is 0 Å². The van der Waals surface area contributed by atoms with Crippen LogP contribution in [0, 0.1) is 0 Å². The molecule has 3 heterocycles. The third-order valence-electron chi connectivity index (χ3n) is 5.24. The zero-order chi connectivity index (χ0) is 22.4. The summed E-state index contributed by atoms with van der Waals surface area (Å²) in [5.74, 6) is 0. The molecule has 4 aromatic rings. The average molecular weight is 437 g/mol. The summed E-state index contributed by atoms with van der Waals surface area (Å²) in [7, 11) is -3.33. The molecule has 0 atom stereocenters. The number of aromatic nitrogens is 4. The lowest BCUT2D eigenvalue weighted by molar-refractivity contribution is 0.0783. The molecule has 0 spiro atoms. The number of hydrogen-bond donors (Lipinski definition) is 2. The first-order valence-corrected chi connectivity index (χ1v) is 11.5. The van der Waals surface area contributed by atoms with E-state index >= 15 is 0 Å². The second-order valence-corrected chi connectivity index (χ2v) is 10.8. The van der Waals surface area contributed by atoms with Crippen molar-refractivity contribution in [3.63, 3.8) is 0 Å². The second-order valence-electron chi connectivity index (χ2n) is 8.29. The van der Waals surface area contributed by atoms with Crippen LogP contribution in [0.1, 0.15) is 33.3 Å². The van der Waals surface area contributed by atoms with E-state index in [0.29, 0.717) is 22.4 Å². The number of aromatic amines is 1. The molecule has 0 amide bonds. The predicted molar refractivity (Wildman–Crippen MR) is 120 cm³/mol. The molecule has 160 valence electrons. The quantitative estimate of drug-likeness (QED) is 0.488. The Morgan fingerprint density at radius 3 is 2.39 bits per heavy atom. The number of benzene rings is 1. The molecule has 7 nitrogen and oxygen atoms in total. The molecule has 0 aliphatic carbocycles. The van der Waals surface area contributed by atoms with Gasteiger partial charge in [-0.2, -0.15) is 0 Å². The van der Waals surface area contributed by atoms with Crippen LogP contribution in [0.4, 0.5) is 0 Å². The summed E-state index contributed by atoms with van der Waals surface area (Å²) >= 11 is 0. The van der Waals surface area contributed by atoms with Crippen LogP contribution in [0.15, 0.2) is 60.0 Å². The van der Waals surface area contributed by atoms with Gasteiger partial charge in [0.1, 0.15) is 5.52 Å². The summed E-state index contributed by atoms with van der Waals surface area (Å²) in [6.45, 7) is 6.75. The van der Waals surface area contributed by atoms with Crippen molar-refractivity contribution in [1.82, 2.24) is 19.9 Å². The molecule has 31 heavy (non-hydrogen) atoms. The Kier molecular flexibility index (Phi) is 5.15. The maximum absolute atomic E-state index is 12.4. The maximum atomic E-state index is 12.4. The Morgan fingerprint density at radius 2 is 1.74 bits per heavy atom. The lowest BCUT2D eigenvalue weighted by Crippen LogP contribution is -2.15. The molecule has 0 aliphatic heterocycles. The third-order valence-corrected chi connectivity index (χ3v) is 7.41. The molecule has 0 unspecified atom stereocenters. The van der Waals surface area contributed by atoms with E-state index < -0.39 is 20.7 Å². The first-order chi connectivity index (χ1) is 14.6. The number of sulfone groups is 1. The monoisotopic (exact) mass is 436 g/mol. The van der Waals surface area contributed by atoms with Gasteiger partial charge in [-0.3, -0.25) is 4.98 Å². The Balaban J connectivity index is 1.76. The van der Waals surface area contributed by atoms with Crippen molar-refractivity contribution in [3.05, 3.63) is 60.7 Å².